The van der Waals surface area contributed by atoms with E-state index in [2.05, 4.69) is 5.32 Å². The average molecular weight is 320 g/mol. The summed E-state index contributed by atoms with van der Waals surface area (Å²) in [6.07, 6.45) is 1.92. The summed E-state index contributed by atoms with van der Waals surface area (Å²) in [6, 6.07) is 0.174. The second-order valence-electron chi connectivity index (χ2n) is 6.58. The van der Waals surface area contributed by atoms with Gasteiger partial charge in [-0.25, -0.2) is 8.42 Å². The number of aliphatic carboxylic acids is 1. The van der Waals surface area contributed by atoms with Crippen LogP contribution in [0.15, 0.2) is 0 Å². The third-order valence-corrected chi connectivity index (χ3v) is 5.85. The van der Waals surface area contributed by atoms with Gasteiger partial charge in [0.1, 0.15) is 5.54 Å². The molecule has 1 rings (SSSR count). The van der Waals surface area contributed by atoms with Crippen LogP contribution in [0, 0.1) is 0 Å². The van der Waals surface area contributed by atoms with Crippen molar-refractivity contribution < 1.29 is 18.3 Å². The van der Waals surface area contributed by atoms with Crippen molar-refractivity contribution in [2.75, 3.05) is 25.1 Å². The highest BCUT2D eigenvalue weighted by Crippen LogP contribution is 2.19. The van der Waals surface area contributed by atoms with Crippen molar-refractivity contribution in [2.45, 2.75) is 57.7 Å². The van der Waals surface area contributed by atoms with Crippen LogP contribution in [0.3, 0.4) is 0 Å². The van der Waals surface area contributed by atoms with Crippen LogP contribution in [0.25, 0.3) is 0 Å². The maximum absolute atomic E-state index is 11.5. The summed E-state index contributed by atoms with van der Waals surface area (Å²) in [7, 11) is -0.955. The number of sulfone groups is 1. The van der Waals surface area contributed by atoms with Gasteiger partial charge < -0.3 is 10.0 Å². The van der Waals surface area contributed by atoms with Crippen LogP contribution in [0.4, 0.5) is 0 Å². The summed E-state index contributed by atoms with van der Waals surface area (Å²) < 4.78 is 22.9. The maximum Gasteiger partial charge on any atom is 0.323 e. The molecule has 0 saturated carbocycles. The number of nitrogens with one attached hydrogen (secondary N) is 1. The van der Waals surface area contributed by atoms with Crippen LogP contribution in [0.5, 0.6) is 0 Å². The molecular weight excluding hydrogens is 292 g/mol. The lowest BCUT2D eigenvalue weighted by Crippen LogP contribution is -2.52. The van der Waals surface area contributed by atoms with E-state index in [9.17, 15) is 18.3 Å². The summed E-state index contributed by atoms with van der Waals surface area (Å²) in [5, 5.41) is 12.5. The van der Waals surface area contributed by atoms with Gasteiger partial charge in [-0.05, 0) is 53.6 Å². The van der Waals surface area contributed by atoms with Crippen LogP contribution in [-0.2, 0) is 14.6 Å². The Labute approximate surface area is 127 Å². The Morgan fingerprint density at radius 1 is 1.48 bits per heavy atom. The molecule has 7 heteroatoms. The Morgan fingerprint density at radius 3 is 2.52 bits per heavy atom. The first-order valence-electron chi connectivity index (χ1n) is 7.47. The minimum absolute atomic E-state index is 0.0733. The Bertz CT molecular complexity index is 464. The van der Waals surface area contributed by atoms with E-state index >= 15 is 0 Å². The molecule has 0 aromatic rings. The van der Waals surface area contributed by atoms with Crippen LogP contribution < -0.4 is 5.32 Å². The van der Waals surface area contributed by atoms with Crippen molar-refractivity contribution in [3.63, 3.8) is 0 Å². The van der Waals surface area contributed by atoms with E-state index in [0.29, 0.717) is 19.4 Å². The van der Waals surface area contributed by atoms with E-state index in [1.54, 1.807) is 6.92 Å². The van der Waals surface area contributed by atoms with E-state index in [-0.39, 0.29) is 23.6 Å². The molecule has 1 aliphatic rings. The van der Waals surface area contributed by atoms with Gasteiger partial charge in [0.15, 0.2) is 9.84 Å². The Kier molecular flexibility index (Phi) is 6.19. The molecule has 0 aromatic heterocycles. The smallest absolute Gasteiger partial charge is 0.323 e. The standard InChI is InChI=1S/C14H28N2O4S/c1-11(2)15-14(3,13(17)18)7-5-8-16(4)12-6-9-21(19,20)10-12/h11-12,15H,5-10H2,1-4H3,(H,17,18). The van der Waals surface area contributed by atoms with Gasteiger partial charge in [-0.15, -0.1) is 0 Å². The van der Waals surface area contributed by atoms with Crippen molar-refractivity contribution in [1.29, 1.82) is 0 Å². The molecule has 0 radical (unpaired) electrons. The lowest BCUT2D eigenvalue weighted by atomic mass is 9.94. The van der Waals surface area contributed by atoms with Crippen LogP contribution in [-0.4, -0.2) is 67.1 Å². The van der Waals surface area contributed by atoms with Gasteiger partial charge in [-0.1, -0.05) is 0 Å². The van der Waals surface area contributed by atoms with E-state index in [4.69, 9.17) is 0 Å². The van der Waals surface area contributed by atoms with Crippen molar-refractivity contribution in [3.8, 4) is 0 Å². The first-order chi connectivity index (χ1) is 9.56. The van der Waals surface area contributed by atoms with Gasteiger partial charge in [0.05, 0.1) is 11.5 Å². The molecule has 21 heavy (non-hydrogen) atoms. The van der Waals surface area contributed by atoms with Crippen LogP contribution in [0.2, 0.25) is 0 Å². The minimum Gasteiger partial charge on any atom is -0.480 e. The molecule has 1 saturated heterocycles. The zero-order valence-corrected chi connectivity index (χ0v) is 14.2. The third kappa shape index (κ3) is 5.56. The fourth-order valence-electron chi connectivity index (χ4n) is 2.87. The Hall–Kier alpha value is -0.660. The van der Waals surface area contributed by atoms with Crippen molar-refractivity contribution in [1.82, 2.24) is 10.2 Å². The molecule has 6 nitrogen and oxygen atoms in total. The summed E-state index contributed by atoms with van der Waals surface area (Å²) in [4.78, 5) is 13.5. The zero-order valence-electron chi connectivity index (χ0n) is 13.4. The van der Waals surface area contributed by atoms with Crippen molar-refractivity contribution in [2.24, 2.45) is 0 Å². The highest BCUT2D eigenvalue weighted by atomic mass is 32.2. The second-order valence-corrected chi connectivity index (χ2v) is 8.81. The lowest BCUT2D eigenvalue weighted by molar-refractivity contribution is -0.144. The van der Waals surface area contributed by atoms with Gasteiger partial charge in [0.25, 0.3) is 0 Å². The van der Waals surface area contributed by atoms with Gasteiger partial charge in [-0.2, -0.15) is 0 Å². The number of hydrogen-bond donors (Lipinski definition) is 2. The number of rotatable bonds is 8. The predicted octanol–water partition coefficient (Wildman–Crippen LogP) is 0.727. The number of carboxylic acid groups (broad SMARTS) is 1. The highest BCUT2D eigenvalue weighted by Gasteiger charge is 2.34. The third-order valence-electron chi connectivity index (χ3n) is 4.10. The van der Waals surface area contributed by atoms with Crippen molar-refractivity contribution >= 4 is 15.8 Å². The van der Waals surface area contributed by atoms with Gasteiger partial charge in [-0.3, -0.25) is 10.1 Å². The Balaban J connectivity index is 2.46. The normalized spacial score (nSPS) is 24.4. The van der Waals surface area contributed by atoms with E-state index < -0.39 is 21.3 Å². The second kappa shape index (κ2) is 7.07. The molecule has 2 atom stereocenters. The molecule has 0 bridgehead atoms. The van der Waals surface area contributed by atoms with E-state index in [0.717, 1.165) is 6.42 Å². The van der Waals surface area contributed by atoms with Crippen LogP contribution in [0.1, 0.15) is 40.0 Å². The highest BCUT2D eigenvalue weighted by molar-refractivity contribution is 7.91. The summed E-state index contributed by atoms with van der Waals surface area (Å²) in [5.41, 5.74) is -0.934. The fourth-order valence-corrected chi connectivity index (χ4v) is 4.67. The van der Waals surface area contributed by atoms with Gasteiger partial charge >= 0.3 is 5.97 Å². The number of carbonyl (C=O) groups is 1. The first-order valence-corrected chi connectivity index (χ1v) is 9.29. The molecule has 1 fully saturated rings. The molecule has 0 aromatic carbocycles. The summed E-state index contributed by atoms with van der Waals surface area (Å²) in [5.74, 6) is -0.351. The molecule has 1 aliphatic heterocycles. The number of nitrogens with zero attached hydrogens (tertiary/aromatic N) is 1. The molecule has 2 unspecified atom stereocenters. The van der Waals surface area contributed by atoms with Crippen LogP contribution >= 0.6 is 0 Å². The average Bonchev–Trinajstić information content (AvgIpc) is 2.68. The molecule has 0 amide bonds. The monoisotopic (exact) mass is 320 g/mol. The van der Waals surface area contributed by atoms with Crippen molar-refractivity contribution in [3.05, 3.63) is 0 Å². The van der Waals surface area contributed by atoms with E-state index in [1.165, 1.54) is 0 Å². The molecule has 2 N–H and O–H groups in total. The molecule has 1 heterocycles. The first kappa shape index (κ1) is 18.4. The quantitative estimate of drug-likeness (QED) is 0.685. The lowest BCUT2D eigenvalue weighted by Gasteiger charge is -2.30. The fraction of sp³-hybridized carbons (Fsp3) is 0.929. The van der Waals surface area contributed by atoms with Gasteiger partial charge in [0.2, 0.25) is 0 Å². The Morgan fingerprint density at radius 2 is 2.10 bits per heavy atom. The minimum atomic E-state index is -2.87. The molecular formula is C14H28N2O4S. The number of carboxylic acids is 1. The predicted molar refractivity (Wildman–Crippen MR) is 83.2 cm³/mol. The van der Waals surface area contributed by atoms with Gasteiger partial charge in [0, 0.05) is 12.1 Å². The topological polar surface area (TPSA) is 86.7 Å². The summed E-state index contributed by atoms with van der Waals surface area (Å²) >= 11 is 0. The molecule has 0 aliphatic carbocycles. The molecule has 124 valence electrons. The molecule has 0 spiro atoms. The number of hydrogen-bond acceptors (Lipinski definition) is 5. The maximum atomic E-state index is 11.5. The largest absolute Gasteiger partial charge is 0.480 e. The zero-order chi connectivity index (χ0) is 16.3. The van der Waals surface area contributed by atoms with E-state index in [1.807, 2.05) is 25.8 Å². The summed E-state index contributed by atoms with van der Waals surface area (Å²) in [6.45, 7) is 6.27. The SMILES string of the molecule is CC(C)NC(C)(CCCN(C)C1CCS(=O)(=O)C1)C(=O)O.